The van der Waals surface area contributed by atoms with Gasteiger partial charge in [-0.1, -0.05) is 49.4 Å². The monoisotopic (exact) mass is 475 g/mol. The van der Waals surface area contributed by atoms with E-state index in [-0.39, 0.29) is 47.8 Å². The molecule has 180 valence electrons. The fourth-order valence-corrected chi connectivity index (χ4v) is 4.55. The van der Waals surface area contributed by atoms with Gasteiger partial charge < -0.3 is 15.1 Å². The van der Waals surface area contributed by atoms with Gasteiger partial charge >= 0.3 is 0 Å². The topological polar surface area (TPSA) is 60.8 Å². The number of allylic oxidation sites excluding steroid dienone is 8. The molecule has 1 fully saturated rings. The van der Waals surface area contributed by atoms with Gasteiger partial charge in [0.15, 0.2) is 0 Å². The van der Waals surface area contributed by atoms with E-state index in [1.165, 1.54) is 24.3 Å². The molecule has 0 aromatic heterocycles. The van der Waals surface area contributed by atoms with E-state index >= 15 is 0 Å². The van der Waals surface area contributed by atoms with Crippen molar-refractivity contribution < 1.29 is 23.8 Å². The maximum atomic E-state index is 13.5. The number of phenolic OH excluding ortho intramolecular Hbond substituents is 1. The Morgan fingerprint density at radius 2 is 1.80 bits per heavy atom. The number of amides is 1. The van der Waals surface area contributed by atoms with Gasteiger partial charge in [0, 0.05) is 23.6 Å². The summed E-state index contributed by atoms with van der Waals surface area (Å²) in [6.45, 7) is 1.74. The number of halogens is 2. The fraction of sp³-hybridized carbons (Fsp3) is 0.207. The molecule has 3 atom stereocenters. The van der Waals surface area contributed by atoms with Crippen LogP contribution in [-0.2, 0) is 4.79 Å². The van der Waals surface area contributed by atoms with Crippen molar-refractivity contribution in [3.8, 4) is 5.75 Å². The second-order valence-electron chi connectivity index (χ2n) is 8.74. The van der Waals surface area contributed by atoms with Crippen LogP contribution in [0.4, 0.5) is 14.5 Å². The fourth-order valence-electron chi connectivity index (χ4n) is 4.55. The lowest BCUT2D eigenvalue weighted by Crippen LogP contribution is -2.27. The van der Waals surface area contributed by atoms with Crippen LogP contribution >= 0.6 is 0 Å². The first-order chi connectivity index (χ1) is 16.9. The summed E-state index contributed by atoms with van der Waals surface area (Å²) in [6.07, 6.45) is 12.2. The van der Waals surface area contributed by atoms with E-state index in [2.05, 4.69) is 0 Å². The SMILES string of the molecule is CC1C=C(F)C=CC1C(=CC=CC=C1CC(c2ccc(O)cc2)N(c2ccc(F)cc2)C1=O)CO. The van der Waals surface area contributed by atoms with Crippen molar-refractivity contribution in [2.24, 2.45) is 11.8 Å². The number of phenols is 1. The molecule has 35 heavy (non-hydrogen) atoms. The number of aliphatic hydroxyl groups is 1. The van der Waals surface area contributed by atoms with Crippen LogP contribution in [0.25, 0.3) is 0 Å². The van der Waals surface area contributed by atoms with Crippen molar-refractivity contribution in [2.45, 2.75) is 19.4 Å². The van der Waals surface area contributed by atoms with Gasteiger partial charge in [0.1, 0.15) is 17.4 Å². The molecule has 3 unspecified atom stereocenters. The lowest BCUT2D eigenvalue weighted by atomic mass is 9.83. The van der Waals surface area contributed by atoms with E-state index in [0.717, 1.165) is 11.1 Å². The molecule has 4 rings (SSSR count). The Labute approximate surface area is 203 Å². The maximum Gasteiger partial charge on any atom is 0.254 e. The Morgan fingerprint density at radius 1 is 1.09 bits per heavy atom. The summed E-state index contributed by atoms with van der Waals surface area (Å²) in [7, 11) is 0. The number of carbonyl (C=O) groups is 1. The first-order valence-corrected chi connectivity index (χ1v) is 11.5. The summed E-state index contributed by atoms with van der Waals surface area (Å²) in [5.74, 6) is -0.881. The highest BCUT2D eigenvalue weighted by molar-refractivity contribution is 6.09. The minimum absolute atomic E-state index is 0.0723. The number of hydrogen-bond acceptors (Lipinski definition) is 3. The first-order valence-electron chi connectivity index (χ1n) is 11.5. The largest absolute Gasteiger partial charge is 0.508 e. The molecule has 0 radical (unpaired) electrons. The Kier molecular flexibility index (Phi) is 7.42. The van der Waals surface area contributed by atoms with Gasteiger partial charge in [-0.3, -0.25) is 4.79 Å². The normalized spacial score (nSPS) is 24.0. The molecule has 1 amide bonds. The molecule has 1 heterocycles. The van der Waals surface area contributed by atoms with Crippen LogP contribution in [0.5, 0.6) is 5.75 Å². The second kappa shape index (κ2) is 10.7. The van der Waals surface area contributed by atoms with Crippen molar-refractivity contribution in [1.82, 2.24) is 0 Å². The Hall–Kier alpha value is -3.77. The van der Waals surface area contributed by atoms with Gasteiger partial charge in [-0.15, -0.1) is 0 Å². The van der Waals surface area contributed by atoms with Crippen molar-refractivity contribution >= 4 is 11.6 Å². The van der Waals surface area contributed by atoms with Crippen LogP contribution in [0.1, 0.15) is 24.9 Å². The molecular weight excluding hydrogens is 448 g/mol. The third-order valence-electron chi connectivity index (χ3n) is 6.38. The number of hydrogen-bond donors (Lipinski definition) is 2. The van der Waals surface area contributed by atoms with Crippen LogP contribution in [0.3, 0.4) is 0 Å². The Balaban J connectivity index is 1.58. The quantitative estimate of drug-likeness (QED) is 0.393. The zero-order valence-electron chi connectivity index (χ0n) is 19.3. The van der Waals surface area contributed by atoms with Crippen LogP contribution in [-0.4, -0.2) is 22.7 Å². The summed E-state index contributed by atoms with van der Waals surface area (Å²) >= 11 is 0. The standard InChI is InChI=1S/C29H27F2NO3/c1-19-16-24(31)10-15-27(19)22(18-33)5-3-2-4-21-17-28(20-6-13-26(34)14-7-20)32(29(21)35)25-11-8-23(30)9-12-25/h2-16,19,27-28,33-34H,17-18H2,1H3. The Bertz CT molecular complexity index is 1220. The smallest absolute Gasteiger partial charge is 0.254 e. The molecule has 1 saturated heterocycles. The molecule has 1 aliphatic heterocycles. The molecule has 1 aliphatic carbocycles. The molecule has 2 aromatic carbocycles. The number of carbonyl (C=O) groups excluding carboxylic acids is 1. The zero-order valence-corrected chi connectivity index (χ0v) is 19.3. The number of aliphatic hydroxyl groups excluding tert-OH is 1. The highest BCUT2D eigenvalue weighted by Gasteiger charge is 2.37. The van der Waals surface area contributed by atoms with Gasteiger partial charge in [-0.05, 0) is 65.6 Å². The van der Waals surface area contributed by atoms with Crippen molar-refractivity contribution in [3.63, 3.8) is 0 Å². The minimum atomic E-state index is -0.382. The van der Waals surface area contributed by atoms with Crippen LogP contribution < -0.4 is 4.90 Å². The lowest BCUT2D eigenvalue weighted by Gasteiger charge is -2.25. The van der Waals surface area contributed by atoms with E-state index in [0.29, 0.717) is 17.7 Å². The lowest BCUT2D eigenvalue weighted by molar-refractivity contribution is -0.114. The van der Waals surface area contributed by atoms with Crippen LogP contribution in [0.2, 0.25) is 0 Å². The second-order valence-corrected chi connectivity index (χ2v) is 8.74. The summed E-state index contributed by atoms with van der Waals surface area (Å²) in [5, 5.41) is 19.5. The van der Waals surface area contributed by atoms with Crippen molar-refractivity contribution in [3.05, 3.63) is 119 Å². The van der Waals surface area contributed by atoms with E-state index in [4.69, 9.17) is 0 Å². The maximum absolute atomic E-state index is 13.5. The number of anilines is 1. The molecule has 0 spiro atoms. The average Bonchev–Trinajstić information content (AvgIpc) is 3.17. The third kappa shape index (κ3) is 5.49. The molecule has 2 N–H and O–H groups in total. The molecular formula is C29H27F2NO3. The Morgan fingerprint density at radius 3 is 2.46 bits per heavy atom. The van der Waals surface area contributed by atoms with Gasteiger partial charge in [0.05, 0.1) is 12.6 Å². The predicted molar refractivity (Wildman–Crippen MR) is 133 cm³/mol. The number of rotatable bonds is 6. The van der Waals surface area contributed by atoms with Gasteiger partial charge in [0.2, 0.25) is 0 Å². The average molecular weight is 476 g/mol. The van der Waals surface area contributed by atoms with E-state index in [9.17, 15) is 23.8 Å². The van der Waals surface area contributed by atoms with Crippen molar-refractivity contribution in [2.75, 3.05) is 11.5 Å². The zero-order chi connectivity index (χ0) is 24.9. The van der Waals surface area contributed by atoms with Crippen molar-refractivity contribution in [1.29, 1.82) is 0 Å². The van der Waals surface area contributed by atoms with E-state index < -0.39 is 0 Å². The van der Waals surface area contributed by atoms with E-state index in [1.807, 2.05) is 6.92 Å². The van der Waals surface area contributed by atoms with Gasteiger partial charge in [0.25, 0.3) is 5.91 Å². The predicted octanol–water partition coefficient (Wildman–Crippen LogP) is 6.09. The molecule has 4 nitrogen and oxygen atoms in total. The summed E-state index contributed by atoms with van der Waals surface area (Å²) in [4.78, 5) is 15.0. The van der Waals surface area contributed by atoms with E-state index in [1.54, 1.807) is 71.7 Å². The summed E-state index contributed by atoms with van der Waals surface area (Å²) < 4.78 is 26.9. The number of nitrogens with zero attached hydrogens (tertiary/aromatic N) is 1. The minimum Gasteiger partial charge on any atom is -0.508 e. The molecule has 6 heteroatoms. The third-order valence-corrected chi connectivity index (χ3v) is 6.38. The van der Waals surface area contributed by atoms with Gasteiger partial charge in [-0.2, -0.15) is 0 Å². The first kappa shape index (κ1) is 24.4. The number of aromatic hydroxyl groups is 1. The number of benzene rings is 2. The highest BCUT2D eigenvalue weighted by atomic mass is 19.1. The van der Waals surface area contributed by atoms with Crippen LogP contribution in [0, 0.1) is 17.7 Å². The summed E-state index contributed by atoms with van der Waals surface area (Å²) in [5.41, 5.74) is 2.77. The van der Waals surface area contributed by atoms with Gasteiger partial charge in [-0.25, -0.2) is 8.78 Å². The summed E-state index contributed by atoms with van der Waals surface area (Å²) in [6, 6.07) is 12.2. The van der Waals surface area contributed by atoms with Crippen LogP contribution in [0.15, 0.2) is 108 Å². The molecule has 0 saturated carbocycles. The highest BCUT2D eigenvalue weighted by Crippen LogP contribution is 2.40. The molecule has 2 aromatic rings. The molecule has 2 aliphatic rings. The molecule has 0 bridgehead atoms.